The molecule has 0 aliphatic carbocycles. The number of aromatic nitrogens is 2. The minimum atomic E-state index is -0.738. The molecule has 1 amide bonds. The number of nitrogens with two attached hydrogens (primary N) is 1. The van der Waals surface area contributed by atoms with Crippen LogP contribution in [-0.2, 0) is 6.54 Å². The monoisotopic (exact) mass is 407 g/mol. The van der Waals surface area contributed by atoms with Gasteiger partial charge in [-0.3, -0.25) is 9.36 Å². The van der Waals surface area contributed by atoms with Crippen LogP contribution in [0.15, 0.2) is 54.6 Å². The van der Waals surface area contributed by atoms with Gasteiger partial charge in [0.15, 0.2) is 11.8 Å². The number of hydrogen-bond donors (Lipinski definition) is 3. The Balaban J connectivity index is 1.88. The molecule has 0 spiro atoms. The van der Waals surface area contributed by atoms with E-state index in [1.54, 1.807) is 30.3 Å². The summed E-state index contributed by atoms with van der Waals surface area (Å²) in [5, 5.41) is 20.3. The molecule has 2 aromatic heterocycles. The number of fused-ring (bicyclic) bond motifs is 1. The zero-order valence-corrected chi connectivity index (χ0v) is 16.0. The molecular weight excluding hydrogens is 389 g/mol. The van der Waals surface area contributed by atoms with Crippen LogP contribution in [0.5, 0.6) is 17.5 Å². The summed E-state index contributed by atoms with van der Waals surface area (Å²) in [6.45, 7) is 0.176. The van der Waals surface area contributed by atoms with Gasteiger partial charge in [-0.1, -0.05) is 12.1 Å². The second-order valence-electron chi connectivity index (χ2n) is 6.75. The fourth-order valence-electron chi connectivity index (χ4n) is 3.35. The van der Waals surface area contributed by atoms with E-state index in [1.165, 1.54) is 35.9 Å². The van der Waals surface area contributed by atoms with E-state index < -0.39 is 11.7 Å². The summed E-state index contributed by atoms with van der Waals surface area (Å²) in [5.41, 5.74) is 7.31. The van der Waals surface area contributed by atoms with E-state index >= 15 is 0 Å². The highest BCUT2D eigenvalue weighted by Gasteiger charge is 2.16. The Bertz CT molecular complexity index is 1260. The van der Waals surface area contributed by atoms with E-state index in [4.69, 9.17) is 10.5 Å². The Hall–Kier alpha value is -4.07. The first kappa shape index (κ1) is 19.3. The molecule has 8 heteroatoms. The highest BCUT2D eigenvalue weighted by molar-refractivity contribution is 6.01. The van der Waals surface area contributed by atoms with Gasteiger partial charge in [0.05, 0.1) is 19.2 Å². The van der Waals surface area contributed by atoms with Gasteiger partial charge in [-0.15, -0.1) is 0 Å². The van der Waals surface area contributed by atoms with Crippen molar-refractivity contribution in [1.82, 2.24) is 9.55 Å². The van der Waals surface area contributed by atoms with Crippen LogP contribution in [0.25, 0.3) is 22.0 Å². The zero-order chi connectivity index (χ0) is 21.4. The molecule has 0 radical (unpaired) electrons. The lowest BCUT2D eigenvalue weighted by Gasteiger charge is -2.12. The van der Waals surface area contributed by atoms with Gasteiger partial charge >= 0.3 is 0 Å². The Morgan fingerprint density at radius 3 is 2.43 bits per heavy atom. The number of aromatic hydroxyl groups is 2. The molecular formula is C22H18FN3O4. The van der Waals surface area contributed by atoms with Crippen molar-refractivity contribution in [3.05, 3.63) is 71.7 Å². The maximum atomic E-state index is 14.7. The third-order valence-corrected chi connectivity index (χ3v) is 4.87. The number of rotatable bonds is 5. The number of methoxy groups -OCH3 is 1. The van der Waals surface area contributed by atoms with Crippen LogP contribution < -0.4 is 10.5 Å². The molecule has 0 saturated carbocycles. The lowest BCUT2D eigenvalue weighted by atomic mass is 9.98. The lowest BCUT2D eigenvalue weighted by molar-refractivity contribution is 0.0996. The summed E-state index contributed by atoms with van der Waals surface area (Å²) in [7, 11) is 1.45. The smallest absolute Gasteiger partial charge is 0.267 e. The zero-order valence-electron chi connectivity index (χ0n) is 16.0. The van der Waals surface area contributed by atoms with Crippen molar-refractivity contribution in [2.75, 3.05) is 7.11 Å². The molecule has 0 atom stereocenters. The molecule has 2 aromatic carbocycles. The minimum Gasteiger partial charge on any atom is -0.497 e. The number of ether oxygens (including phenoxy) is 1. The van der Waals surface area contributed by atoms with Crippen LogP contribution >= 0.6 is 0 Å². The molecule has 7 nitrogen and oxygen atoms in total. The second kappa shape index (κ2) is 7.40. The summed E-state index contributed by atoms with van der Waals surface area (Å²) < 4.78 is 21.1. The summed E-state index contributed by atoms with van der Waals surface area (Å²) >= 11 is 0. The first-order chi connectivity index (χ1) is 14.4. The van der Waals surface area contributed by atoms with Gasteiger partial charge in [0, 0.05) is 29.1 Å². The van der Waals surface area contributed by atoms with E-state index in [2.05, 4.69) is 4.98 Å². The first-order valence-electron chi connectivity index (χ1n) is 9.02. The van der Waals surface area contributed by atoms with Crippen molar-refractivity contribution in [2.45, 2.75) is 6.54 Å². The number of carbonyl (C=O) groups is 1. The number of hydrogen-bond acceptors (Lipinski definition) is 5. The minimum absolute atomic E-state index is 0.00322. The first-order valence-corrected chi connectivity index (χ1v) is 9.02. The van der Waals surface area contributed by atoms with Crippen molar-refractivity contribution in [2.24, 2.45) is 5.73 Å². The van der Waals surface area contributed by atoms with Gasteiger partial charge < -0.3 is 20.7 Å². The molecule has 0 aliphatic rings. The third-order valence-electron chi connectivity index (χ3n) is 4.87. The molecule has 4 rings (SSSR count). The van der Waals surface area contributed by atoms with E-state index in [-0.39, 0.29) is 29.6 Å². The molecule has 4 N–H and O–H groups in total. The molecule has 4 aromatic rings. The topological polar surface area (TPSA) is 111 Å². The molecule has 30 heavy (non-hydrogen) atoms. The average Bonchev–Trinajstić information content (AvgIpc) is 3.04. The largest absolute Gasteiger partial charge is 0.497 e. The molecule has 0 bridgehead atoms. The number of amides is 1. The summed E-state index contributed by atoms with van der Waals surface area (Å²) in [6, 6.07) is 13.9. The van der Waals surface area contributed by atoms with Gasteiger partial charge in [-0.2, -0.15) is 0 Å². The van der Waals surface area contributed by atoms with Gasteiger partial charge in [0.2, 0.25) is 0 Å². The molecule has 0 aliphatic heterocycles. The lowest BCUT2D eigenvalue weighted by Crippen LogP contribution is -2.13. The van der Waals surface area contributed by atoms with E-state index in [0.717, 1.165) is 0 Å². The van der Waals surface area contributed by atoms with Crippen molar-refractivity contribution in [3.8, 4) is 28.6 Å². The molecule has 2 heterocycles. The maximum absolute atomic E-state index is 14.7. The number of pyridine rings is 1. The summed E-state index contributed by atoms with van der Waals surface area (Å²) in [4.78, 5) is 16.1. The van der Waals surface area contributed by atoms with Crippen LogP contribution in [0, 0.1) is 5.82 Å². The SMILES string of the molecule is COc1ccc(-c2cc(C(N)=O)nc3cc(Cn4c(O)ccc4O)ccc23)c(F)c1. The van der Waals surface area contributed by atoms with Crippen LogP contribution in [0.3, 0.4) is 0 Å². The van der Waals surface area contributed by atoms with Crippen molar-refractivity contribution >= 4 is 16.8 Å². The Morgan fingerprint density at radius 1 is 1.07 bits per heavy atom. The number of benzene rings is 2. The van der Waals surface area contributed by atoms with Crippen LogP contribution in [0.2, 0.25) is 0 Å². The van der Waals surface area contributed by atoms with E-state index in [1.807, 2.05) is 0 Å². The fraction of sp³-hybridized carbons (Fsp3) is 0.0909. The van der Waals surface area contributed by atoms with Crippen LogP contribution in [-0.4, -0.2) is 32.8 Å². The highest BCUT2D eigenvalue weighted by Crippen LogP contribution is 2.33. The standard InChI is InChI=1S/C22H18FN3O4/c1-30-13-3-5-14(17(23)9-13)16-10-19(22(24)29)25-18-8-12(2-4-15(16)18)11-26-20(27)6-7-21(26)28/h2-10,27-28H,11H2,1H3,(H2,24,29). The molecule has 152 valence electrons. The summed E-state index contributed by atoms with van der Waals surface area (Å²) in [6.07, 6.45) is 0. The van der Waals surface area contributed by atoms with Gasteiger partial charge in [-0.25, -0.2) is 9.37 Å². The Morgan fingerprint density at radius 2 is 1.80 bits per heavy atom. The summed E-state index contributed by atoms with van der Waals surface area (Å²) in [5.74, 6) is -1.06. The number of nitrogens with zero attached hydrogens (tertiary/aromatic N) is 2. The quantitative estimate of drug-likeness (QED) is 0.470. The van der Waals surface area contributed by atoms with E-state index in [9.17, 15) is 19.4 Å². The van der Waals surface area contributed by atoms with E-state index in [0.29, 0.717) is 27.8 Å². The predicted octanol–water partition coefficient (Wildman–Crippen LogP) is 3.41. The normalized spacial score (nSPS) is 11.0. The average molecular weight is 407 g/mol. The van der Waals surface area contributed by atoms with Gasteiger partial charge in [-0.05, 0) is 35.4 Å². The second-order valence-corrected chi connectivity index (χ2v) is 6.75. The number of halogens is 1. The number of carbonyl (C=O) groups excluding carboxylic acids is 1. The van der Waals surface area contributed by atoms with Crippen molar-refractivity contribution in [1.29, 1.82) is 0 Å². The molecule has 0 saturated heterocycles. The van der Waals surface area contributed by atoms with Crippen molar-refractivity contribution < 1.29 is 24.1 Å². The Labute approximate surface area is 170 Å². The van der Waals surface area contributed by atoms with Crippen molar-refractivity contribution in [3.63, 3.8) is 0 Å². The van der Waals surface area contributed by atoms with Gasteiger partial charge in [0.1, 0.15) is 17.3 Å². The van der Waals surface area contributed by atoms with Gasteiger partial charge in [0.25, 0.3) is 5.91 Å². The predicted molar refractivity (Wildman–Crippen MR) is 109 cm³/mol. The third kappa shape index (κ3) is 3.39. The maximum Gasteiger partial charge on any atom is 0.267 e. The fourth-order valence-corrected chi connectivity index (χ4v) is 3.35. The Kier molecular flexibility index (Phi) is 4.75. The number of primary amides is 1. The van der Waals surface area contributed by atoms with Crippen LogP contribution in [0.4, 0.5) is 4.39 Å². The molecule has 0 unspecified atom stereocenters. The van der Waals surface area contributed by atoms with Crippen LogP contribution in [0.1, 0.15) is 16.1 Å². The highest BCUT2D eigenvalue weighted by atomic mass is 19.1. The molecule has 0 fully saturated rings.